The highest BCUT2D eigenvalue weighted by Gasteiger charge is 2.13. The number of amides is 2. The first-order valence-corrected chi connectivity index (χ1v) is 8.40. The van der Waals surface area contributed by atoms with Gasteiger partial charge in [0.05, 0.1) is 6.04 Å². The molecule has 0 heterocycles. The van der Waals surface area contributed by atoms with Gasteiger partial charge in [0.25, 0.3) is 11.8 Å². The summed E-state index contributed by atoms with van der Waals surface area (Å²) in [5, 5.41) is 5.08. The molecule has 2 amide bonds. The molecule has 2 rings (SSSR count). The Labute approximate surface area is 156 Å². The van der Waals surface area contributed by atoms with Crippen LogP contribution >= 0.6 is 0 Å². The normalized spacial score (nSPS) is 11.4. The highest BCUT2D eigenvalue weighted by atomic mass is 19.1. The van der Waals surface area contributed by atoms with Gasteiger partial charge in [-0.1, -0.05) is 29.8 Å². The summed E-state index contributed by atoms with van der Waals surface area (Å²) < 4.78 is 17.7. The van der Waals surface area contributed by atoms with E-state index in [9.17, 15) is 18.8 Å². The smallest absolute Gasteiger partial charge is 0.325 e. The van der Waals surface area contributed by atoms with Gasteiger partial charge in [-0.15, -0.1) is 0 Å². The number of hydrogen-bond donors (Lipinski definition) is 2. The van der Waals surface area contributed by atoms with E-state index >= 15 is 0 Å². The van der Waals surface area contributed by atoms with E-state index in [1.165, 1.54) is 12.1 Å². The fourth-order valence-electron chi connectivity index (χ4n) is 2.36. The van der Waals surface area contributed by atoms with E-state index < -0.39 is 24.4 Å². The highest BCUT2D eigenvalue weighted by molar-refractivity contribution is 5.96. The summed E-state index contributed by atoms with van der Waals surface area (Å²) in [5.74, 6) is -1.98. The first kappa shape index (κ1) is 20.1. The molecule has 0 aliphatic carbocycles. The third-order valence-corrected chi connectivity index (χ3v) is 3.79. The SMILES string of the molecule is Cc1cccc(C(=O)NCC(=O)OCC(=O)NC(C)c2ccc(F)cc2)c1. The van der Waals surface area contributed by atoms with Crippen molar-refractivity contribution in [1.29, 1.82) is 0 Å². The summed E-state index contributed by atoms with van der Waals surface area (Å²) in [6, 6.07) is 12.3. The second-order valence-corrected chi connectivity index (χ2v) is 6.05. The van der Waals surface area contributed by atoms with E-state index in [0.717, 1.165) is 11.1 Å². The molecule has 2 aromatic rings. The Hall–Kier alpha value is -3.22. The molecule has 1 unspecified atom stereocenters. The van der Waals surface area contributed by atoms with Crippen molar-refractivity contribution >= 4 is 17.8 Å². The number of halogens is 1. The van der Waals surface area contributed by atoms with Gasteiger partial charge in [-0.05, 0) is 43.7 Å². The first-order valence-electron chi connectivity index (χ1n) is 8.40. The minimum Gasteiger partial charge on any atom is -0.454 e. The maximum atomic E-state index is 12.9. The molecule has 0 fully saturated rings. The van der Waals surface area contributed by atoms with Crippen molar-refractivity contribution in [2.75, 3.05) is 13.2 Å². The van der Waals surface area contributed by atoms with Gasteiger partial charge < -0.3 is 15.4 Å². The lowest BCUT2D eigenvalue weighted by atomic mass is 10.1. The number of aryl methyl sites for hydroxylation is 1. The summed E-state index contributed by atoms with van der Waals surface area (Å²) in [7, 11) is 0. The van der Waals surface area contributed by atoms with Crippen LogP contribution in [0.3, 0.4) is 0 Å². The van der Waals surface area contributed by atoms with Crippen molar-refractivity contribution in [3.05, 3.63) is 71.0 Å². The molecule has 2 aromatic carbocycles. The lowest BCUT2D eigenvalue weighted by Gasteiger charge is -2.14. The molecule has 142 valence electrons. The van der Waals surface area contributed by atoms with Crippen LogP contribution in [0.25, 0.3) is 0 Å². The van der Waals surface area contributed by atoms with Gasteiger partial charge in [-0.3, -0.25) is 14.4 Å². The van der Waals surface area contributed by atoms with E-state index in [4.69, 9.17) is 4.74 Å². The molecule has 0 radical (unpaired) electrons. The summed E-state index contributed by atoms with van der Waals surface area (Å²) >= 11 is 0. The Morgan fingerprint density at radius 1 is 1.11 bits per heavy atom. The molecular formula is C20H21FN2O4. The van der Waals surface area contributed by atoms with E-state index in [1.54, 1.807) is 37.3 Å². The van der Waals surface area contributed by atoms with E-state index in [-0.39, 0.29) is 18.4 Å². The maximum absolute atomic E-state index is 12.9. The van der Waals surface area contributed by atoms with Gasteiger partial charge in [-0.2, -0.15) is 0 Å². The lowest BCUT2D eigenvalue weighted by molar-refractivity contribution is -0.147. The number of hydrogen-bond acceptors (Lipinski definition) is 4. The van der Waals surface area contributed by atoms with E-state index in [0.29, 0.717) is 5.56 Å². The molecule has 0 bridgehead atoms. The third kappa shape index (κ3) is 6.54. The minimum atomic E-state index is -0.722. The predicted octanol–water partition coefficient (Wildman–Crippen LogP) is 2.28. The van der Waals surface area contributed by atoms with E-state index in [2.05, 4.69) is 10.6 Å². The third-order valence-electron chi connectivity index (χ3n) is 3.79. The monoisotopic (exact) mass is 372 g/mol. The van der Waals surface area contributed by atoms with Crippen LogP contribution < -0.4 is 10.6 Å². The fraction of sp³-hybridized carbons (Fsp3) is 0.250. The zero-order chi connectivity index (χ0) is 19.8. The topological polar surface area (TPSA) is 84.5 Å². The van der Waals surface area contributed by atoms with Gasteiger partial charge in [0.15, 0.2) is 6.61 Å². The number of ether oxygens (including phenoxy) is 1. The Kier molecular flexibility index (Phi) is 7.05. The van der Waals surface area contributed by atoms with Crippen LogP contribution in [0.15, 0.2) is 48.5 Å². The van der Waals surface area contributed by atoms with Gasteiger partial charge in [0.1, 0.15) is 12.4 Å². The van der Waals surface area contributed by atoms with Crippen molar-refractivity contribution in [3.63, 3.8) is 0 Å². The van der Waals surface area contributed by atoms with Crippen molar-refractivity contribution < 1.29 is 23.5 Å². The summed E-state index contributed by atoms with van der Waals surface area (Å²) in [5.41, 5.74) is 2.09. The average Bonchev–Trinajstić information content (AvgIpc) is 2.64. The van der Waals surface area contributed by atoms with E-state index in [1.807, 2.05) is 13.0 Å². The second kappa shape index (κ2) is 9.47. The van der Waals surface area contributed by atoms with Gasteiger partial charge in [0, 0.05) is 5.56 Å². The lowest BCUT2D eigenvalue weighted by Crippen LogP contribution is -2.34. The largest absolute Gasteiger partial charge is 0.454 e. The molecule has 1 atom stereocenters. The van der Waals surface area contributed by atoms with Gasteiger partial charge >= 0.3 is 5.97 Å². The number of rotatable bonds is 7. The molecule has 0 aliphatic rings. The fourth-order valence-corrected chi connectivity index (χ4v) is 2.36. The Balaban J connectivity index is 1.72. The van der Waals surface area contributed by atoms with Crippen LogP contribution in [0, 0.1) is 12.7 Å². The van der Waals surface area contributed by atoms with Crippen molar-refractivity contribution in [2.24, 2.45) is 0 Å². The molecule has 27 heavy (non-hydrogen) atoms. The van der Waals surface area contributed by atoms with Crippen LogP contribution in [0.2, 0.25) is 0 Å². The van der Waals surface area contributed by atoms with Crippen LogP contribution in [-0.2, 0) is 14.3 Å². The minimum absolute atomic E-state index is 0.340. The van der Waals surface area contributed by atoms with Crippen molar-refractivity contribution in [3.8, 4) is 0 Å². The molecule has 0 aliphatic heterocycles. The Morgan fingerprint density at radius 3 is 2.48 bits per heavy atom. The number of carbonyl (C=O) groups is 3. The second-order valence-electron chi connectivity index (χ2n) is 6.05. The highest BCUT2D eigenvalue weighted by Crippen LogP contribution is 2.12. The van der Waals surface area contributed by atoms with Crippen LogP contribution in [0.1, 0.15) is 34.5 Å². The van der Waals surface area contributed by atoms with Crippen molar-refractivity contribution in [1.82, 2.24) is 10.6 Å². The number of esters is 1. The Bertz CT molecular complexity index is 821. The molecule has 6 nitrogen and oxygen atoms in total. The zero-order valence-electron chi connectivity index (χ0n) is 15.1. The number of carbonyl (C=O) groups excluding carboxylic acids is 3. The Morgan fingerprint density at radius 2 is 1.81 bits per heavy atom. The molecule has 0 spiro atoms. The van der Waals surface area contributed by atoms with Crippen LogP contribution in [0.5, 0.6) is 0 Å². The first-order chi connectivity index (χ1) is 12.8. The zero-order valence-corrected chi connectivity index (χ0v) is 15.1. The summed E-state index contributed by atoms with van der Waals surface area (Å²) in [4.78, 5) is 35.5. The van der Waals surface area contributed by atoms with Gasteiger partial charge in [0.2, 0.25) is 0 Å². The molecule has 0 saturated carbocycles. The molecule has 7 heteroatoms. The standard InChI is InChI=1S/C20H21FN2O4/c1-13-4-3-5-16(10-13)20(26)22-11-19(25)27-12-18(24)23-14(2)15-6-8-17(21)9-7-15/h3-10,14H,11-12H2,1-2H3,(H,22,26)(H,23,24). The quantitative estimate of drug-likeness (QED) is 0.731. The summed E-state index contributed by atoms with van der Waals surface area (Å²) in [6.45, 7) is 2.78. The van der Waals surface area contributed by atoms with Crippen LogP contribution in [0.4, 0.5) is 4.39 Å². The average molecular weight is 372 g/mol. The number of nitrogens with one attached hydrogen (secondary N) is 2. The molecule has 0 saturated heterocycles. The van der Waals surface area contributed by atoms with Gasteiger partial charge in [-0.25, -0.2) is 4.39 Å². The molecule has 0 aromatic heterocycles. The van der Waals surface area contributed by atoms with Crippen molar-refractivity contribution in [2.45, 2.75) is 19.9 Å². The summed E-state index contributed by atoms with van der Waals surface area (Å²) in [6.07, 6.45) is 0. The molecular weight excluding hydrogens is 351 g/mol. The maximum Gasteiger partial charge on any atom is 0.325 e. The molecule has 2 N–H and O–H groups in total. The van der Waals surface area contributed by atoms with Crippen LogP contribution in [-0.4, -0.2) is 30.9 Å². The number of benzene rings is 2. The predicted molar refractivity (Wildman–Crippen MR) is 97.4 cm³/mol.